The molecule has 2 aromatic rings. The van der Waals surface area contributed by atoms with Gasteiger partial charge in [0.25, 0.3) is 0 Å². The molecule has 2 rings (SSSR count). The van der Waals surface area contributed by atoms with Gasteiger partial charge >= 0.3 is 0 Å². The highest BCUT2D eigenvalue weighted by Gasteiger charge is 2.08. The predicted octanol–water partition coefficient (Wildman–Crippen LogP) is 3.88. The molecule has 0 fully saturated rings. The molecule has 0 aromatic heterocycles. The summed E-state index contributed by atoms with van der Waals surface area (Å²) in [6.45, 7) is 4.12. The minimum absolute atomic E-state index is 0.111. The van der Waals surface area contributed by atoms with Crippen LogP contribution < -0.4 is 10.6 Å². The fraction of sp³-hybridized carbons (Fsp3) is 0.176. The van der Waals surface area contributed by atoms with Gasteiger partial charge < -0.3 is 10.6 Å². The van der Waals surface area contributed by atoms with Crippen LogP contribution in [0.2, 0.25) is 5.02 Å². The Kier molecular flexibility index (Phi) is 5.03. The monoisotopic (exact) mass is 313 g/mol. The normalized spacial score (nSPS) is 9.91. The molecule has 4 nitrogen and oxygen atoms in total. The molecule has 112 valence electrons. The molecular weight excluding hydrogens is 298 g/mol. The van der Waals surface area contributed by atoms with E-state index in [9.17, 15) is 4.79 Å². The zero-order valence-electron chi connectivity index (χ0n) is 12.4. The summed E-state index contributed by atoms with van der Waals surface area (Å²) < 4.78 is 0. The van der Waals surface area contributed by atoms with E-state index in [4.69, 9.17) is 16.9 Å². The number of anilines is 2. The molecule has 2 N–H and O–H groups in total. The molecule has 0 bridgehead atoms. The number of hydrogen-bond acceptors (Lipinski definition) is 3. The number of carbonyl (C=O) groups excluding carboxylic acids is 1. The lowest BCUT2D eigenvalue weighted by Crippen LogP contribution is -2.22. The van der Waals surface area contributed by atoms with Crippen LogP contribution in [0, 0.1) is 25.2 Å². The van der Waals surface area contributed by atoms with Crippen molar-refractivity contribution in [2.75, 3.05) is 17.2 Å². The average Bonchev–Trinajstić information content (AvgIpc) is 2.44. The summed E-state index contributed by atoms with van der Waals surface area (Å²) >= 11 is 5.89. The van der Waals surface area contributed by atoms with E-state index in [1.807, 2.05) is 32.0 Å². The first kappa shape index (κ1) is 15.9. The molecule has 0 saturated heterocycles. The van der Waals surface area contributed by atoms with Gasteiger partial charge in [-0.05, 0) is 55.3 Å². The molecule has 5 heteroatoms. The third-order valence-corrected chi connectivity index (χ3v) is 3.29. The molecule has 0 aliphatic heterocycles. The number of halogens is 1. The Morgan fingerprint density at radius 1 is 1.18 bits per heavy atom. The van der Waals surface area contributed by atoms with Gasteiger partial charge in [0.05, 0.1) is 17.8 Å². The zero-order valence-corrected chi connectivity index (χ0v) is 13.2. The molecule has 0 radical (unpaired) electrons. The summed E-state index contributed by atoms with van der Waals surface area (Å²) in [6.07, 6.45) is 0. The van der Waals surface area contributed by atoms with Gasteiger partial charge in [-0.3, -0.25) is 4.79 Å². The van der Waals surface area contributed by atoms with Crippen LogP contribution in [0.15, 0.2) is 36.4 Å². The van der Waals surface area contributed by atoms with Crippen molar-refractivity contribution in [3.05, 3.63) is 58.1 Å². The number of hydrogen-bond donors (Lipinski definition) is 2. The number of amides is 1. The highest BCUT2D eigenvalue weighted by atomic mass is 35.5. The number of benzene rings is 2. The lowest BCUT2D eigenvalue weighted by Gasteiger charge is -2.10. The Bertz CT molecular complexity index is 730. The summed E-state index contributed by atoms with van der Waals surface area (Å²) in [5, 5.41) is 15.3. The Morgan fingerprint density at radius 2 is 1.86 bits per heavy atom. The number of carbonyl (C=O) groups is 1. The number of aryl methyl sites for hydroxylation is 2. The van der Waals surface area contributed by atoms with Gasteiger partial charge in [-0.2, -0.15) is 5.26 Å². The molecule has 2 aromatic carbocycles. The van der Waals surface area contributed by atoms with E-state index in [0.29, 0.717) is 16.3 Å². The van der Waals surface area contributed by atoms with E-state index >= 15 is 0 Å². The maximum atomic E-state index is 12.0. The third-order valence-electron chi connectivity index (χ3n) is 3.05. The van der Waals surface area contributed by atoms with Crippen LogP contribution >= 0.6 is 11.6 Å². The molecule has 0 heterocycles. The van der Waals surface area contributed by atoms with Crippen molar-refractivity contribution in [1.82, 2.24) is 0 Å². The van der Waals surface area contributed by atoms with E-state index in [1.165, 1.54) is 0 Å². The molecule has 0 unspecified atom stereocenters. The van der Waals surface area contributed by atoms with Crippen LogP contribution in [0.1, 0.15) is 16.7 Å². The Hall–Kier alpha value is -2.51. The van der Waals surface area contributed by atoms with E-state index in [1.54, 1.807) is 18.2 Å². The molecule has 0 aliphatic carbocycles. The quantitative estimate of drug-likeness (QED) is 0.900. The fourth-order valence-corrected chi connectivity index (χ4v) is 2.34. The van der Waals surface area contributed by atoms with E-state index in [-0.39, 0.29) is 12.5 Å². The van der Waals surface area contributed by atoms with Crippen LogP contribution in [-0.4, -0.2) is 12.5 Å². The van der Waals surface area contributed by atoms with Crippen LogP contribution in [-0.2, 0) is 4.79 Å². The van der Waals surface area contributed by atoms with Crippen molar-refractivity contribution >= 4 is 28.9 Å². The minimum Gasteiger partial charge on any atom is -0.376 e. The molecular formula is C17H16ClN3O. The standard InChI is InChI=1S/C17H16ClN3O/c1-11-5-12(2)7-15(6-11)20-10-17(22)21-16-8-14(18)4-3-13(16)9-19/h3-8,20H,10H2,1-2H3,(H,21,22). The smallest absolute Gasteiger partial charge is 0.243 e. The van der Waals surface area contributed by atoms with Crippen LogP contribution in [0.25, 0.3) is 0 Å². The van der Waals surface area contributed by atoms with Crippen LogP contribution in [0.5, 0.6) is 0 Å². The fourth-order valence-electron chi connectivity index (χ4n) is 2.17. The van der Waals surface area contributed by atoms with Gasteiger partial charge in [-0.1, -0.05) is 17.7 Å². The second-order valence-electron chi connectivity index (χ2n) is 5.08. The van der Waals surface area contributed by atoms with Gasteiger partial charge in [0, 0.05) is 10.7 Å². The number of nitrogens with zero attached hydrogens (tertiary/aromatic N) is 1. The Balaban J connectivity index is 2.02. The maximum absolute atomic E-state index is 12.0. The molecule has 0 atom stereocenters. The first-order valence-corrected chi connectivity index (χ1v) is 7.17. The summed E-state index contributed by atoms with van der Waals surface area (Å²) in [7, 11) is 0. The second-order valence-corrected chi connectivity index (χ2v) is 5.52. The Labute approximate surface area is 134 Å². The summed E-state index contributed by atoms with van der Waals surface area (Å²) in [6, 6.07) is 12.8. The van der Waals surface area contributed by atoms with Crippen LogP contribution in [0.3, 0.4) is 0 Å². The van der Waals surface area contributed by atoms with Gasteiger partial charge in [-0.15, -0.1) is 0 Å². The highest BCUT2D eigenvalue weighted by molar-refractivity contribution is 6.31. The first-order valence-electron chi connectivity index (χ1n) is 6.79. The average molecular weight is 314 g/mol. The highest BCUT2D eigenvalue weighted by Crippen LogP contribution is 2.20. The maximum Gasteiger partial charge on any atom is 0.243 e. The number of nitrogens with one attached hydrogen (secondary N) is 2. The summed E-state index contributed by atoms with van der Waals surface area (Å²) in [5.74, 6) is -0.238. The van der Waals surface area contributed by atoms with Crippen LogP contribution in [0.4, 0.5) is 11.4 Å². The van der Waals surface area contributed by atoms with Crippen molar-refractivity contribution in [2.45, 2.75) is 13.8 Å². The lowest BCUT2D eigenvalue weighted by atomic mass is 10.1. The van der Waals surface area contributed by atoms with Crippen molar-refractivity contribution < 1.29 is 4.79 Å². The lowest BCUT2D eigenvalue weighted by molar-refractivity contribution is -0.114. The minimum atomic E-state index is -0.238. The second kappa shape index (κ2) is 6.97. The van der Waals surface area contributed by atoms with Crippen molar-refractivity contribution in [2.24, 2.45) is 0 Å². The van der Waals surface area contributed by atoms with E-state index in [2.05, 4.69) is 16.7 Å². The topological polar surface area (TPSA) is 64.9 Å². The molecule has 1 amide bonds. The van der Waals surface area contributed by atoms with Crippen molar-refractivity contribution in [1.29, 1.82) is 5.26 Å². The van der Waals surface area contributed by atoms with Gasteiger partial charge in [0.2, 0.25) is 5.91 Å². The predicted molar refractivity (Wildman–Crippen MR) is 89.2 cm³/mol. The van der Waals surface area contributed by atoms with Gasteiger partial charge in [0.15, 0.2) is 0 Å². The van der Waals surface area contributed by atoms with Crippen molar-refractivity contribution in [3.8, 4) is 6.07 Å². The van der Waals surface area contributed by atoms with Gasteiger partial charge in [-0.25, -0.2) is 0 Å². The molecule has 22 heavy (non-hydrogen) atoms. The summed E-state index contributed by atoms with van der Waals surface area (Å²) in [5.41, 5.74) is 3.94. The zero-order chi connectivity index (χ0) is 16.1. The summed E-state index contributed by atoms with van der Waals surface area (Å²) in [4.78, 5) is 12.0. The van der Waals surface area contributed by atoms with Crippen molar-refractivity contribution in [3.63, 3.8) is 0 Å². The van der Waals surface area contributed by atoms with Gasteiger partial charge in [0.1, 0.15) is 6.07 Å². The first-order chi connectivity index (χ1) is 10.5. The molecule has 0 aliphatic rings. The molecule has 0 saturated carbocycles. The Morgan fingerprint density at radius 3 is 2.50 bits per heavy atom. The third kappa shape index (κ3) is 4.24. The SMILES string of the molecule is Cc1cc(C)cc(NCC(=O)Nc2cc(Cl)ccc2C#N)c1. The van der Waals surface area contributed by atoms with E-state index < -0.39 is 0 Å². The molecule has 0 spiro atoms. The van der Waals surface area contributed by atoms with E-state index in [0.717, 1.165) is 16.8 Å². The largest absolute Gasteiger partial charge is 0.376 e. The number of nitriles is 1. The number of rotatable bonds is 4.